The maximum absolute atomic E-state index is 5.85. The van der Waals surface area contributed by atoms with Gasteiger partial charge in [0.15, 0.2) is 0 Å². The van der Waals surface area contributed by atoms with Crippen LogP contribution in [0.25, 0.3) is 0 Å². The third-order valence-corrected chi connectivity index (χ3v) is 4.92. The van der Waals surface area contributed by atoms with Crippen molar-refractivity contribution < 1.29 is 18.6 Å². The molecule has 4 nitrogen and oxygen atoms in total. The lowest BCUT2D eigenvalue weighted by atomic mass is 9.65. The summed E-state index contributed by atoms with van der Waals surface area (Å²) < 4.78 is 23.3. The van der Waals surface area contributed by atoms with Gasteiger partial charge in [0.2, 0.25) is 0 Å². The van der Waals surface area contributed by atoms with Gasteiger partial charge < -0.3 is 18.6 Å². The molecule has 21 heavy (non-hydrogen) atoms. The summed E-state index contributed by atoms with van der Waals surface area (Å²) in [5.74, 6) is 0. The third-order valence-electron chi connectivity index (χ3n) is 3.84. The molecule has 0 aromatic carbocycles. The number of hydrogen-bond acceptors (Lipinski definition) is 5. The zero-order valence-electron chi connectivity index (χ0n) is 12.6. The molecular weight excluding hydrogens is 286 g/mol. The Morgan fingerprint density at radius 2 is 1.62 bits per heavy atom. The molecule has 1 aromatic heterocycles. The first kappa shape index (κ1) is 15.6. The Labute approximate surface area is 131 Å². The smallest absolute Gasteiger partial charge is 0.407 e. The molecule has 0 aliphatic carbocycles. The fourth-order valence-corrected chi connectivity index (χ4v) is 3.84. The zero-order chi connectivity index (χ0) is 14.5. The van der Waals surface area contributed by atoms with Crippen LogP contribution in [-0.2, 0) is 25.0 Å². The Morgan fingerprint density at radius 1 is 1.00 bits per heavy atom. The van der Waals surface area contributed by atoms with Crippen LogP contribution in [0.15, 0.2) is 5.38 Å². The van der Waals surface area contributed by atoms with E-state index in [1.54, 1.807) is 11.3 Å². The molecule has 1 aromatic rings. The molecular formula is C14H22B2O4S. The van der Waals surface area contributed by atoms with E-state index in [2.05, 4.69) is 12.3 Å². The minimum Gasteiger partial charge on any atom is -0.407 e. The summed E-state index contributed by atoms with van der Waals surface area (Å²) in [6, 6.07) is 0. The highest BCUT2D eigenvalue weighted by molar-refractivity contribution is 7.13. The minimum absolute atomic E-state index is 0.249. The van der Waals surface area contributed by atoms with Gasteiger partial charge in [-0.2, -0.15) is 0 Å². The minimum atomic E-state index is -0.255. The fourth-order valence-electron chi connectivity index (χ4n) is 2.73. The SMILES string of the molecule is CCCCc1scc(B2OCCCO2)c1B1OCCCO1. The van der Waals surface area contributed by atoms with Crippen LogP contribution in [-0.4, -0.2) is 40.7 Å². The van der Waals surface area contributed by atoms with Gasteiger partial charge in [0.1, 0.15) is 0 Å². The van der Waals surface area contributed by atoms with Crippen molar-refractivity contribution in [3.8, 4) is 0 Å². The second-order valence-corrected chi connectivity index (χ2v) is 6.45. The van der Waals surface area contributed by atoms with E-state index in [-0.39, 0.29) is 14.2 Å². The molecule has 2 aliphatic heterocycles. The van der Waals surface area contributed by atoms with E-state index in [0.29, 0.717) is 0 Å². The molecule has 0 saturated carbocycles. The standard InChI is InChI=1S/C14H22B2O4S/c1-2-3-6-13-14(16-19-9-5-10-20-16)12(11-21-13)15-17-7-4-8-18-15/h11H,2-10H2,1H3. The van der Waals surface area contributed by atoms with Crippen LogP contribution in [0.4, 0.5) is 0 Å². The quantitative estimate of drug-likeness (QED) is 0.770. The molecule has 2 fully saturated rings. The first-order valence-electron chi connectivity index (χ1n) is 7.96. The Kier molecular flexibility index (Phi) is 5.77. The van der Waals surface area contributed by atoms with Crippen molar-refractivity contribution in [2.45, 2.75) is 39.0 Å². The van der Waals surface area contributed by atoms with Crippen LogP contribution >= 0.6 is 11.3 Å². The first-order valence-corrected chi connectivity index (χ1v) is 8.84. The van der Waals surface area contributed by atoms with Crippen LogP contribution < -0.4 is 10.9 Å². The molecule has 0 spiro atoms. The number of unbranched alkanes of at least 4 members (excludes halogenated alkanes) is 1. The van der Waals surface area contributed by atoms with Gasteiger partial charge >= 0.3 is 14.2 Å². The van der Waals surface area contributed by atoms with Gasteiger partial charge in [-0.25, -0.2) is 0 Å². The summed E-state index contributed by atoms with van der Waals surface area (Å²) in [4.78, 5) is 1.36. The molecule has 0 N–H and O–H groups in total. The molecule has 3 heterocycles. The molecule has 0 unspecified atom stereocenters. The van der Waals surface area contributed by atoms with Crippen molar-refractivity contribution in [1.29, 1.82) is 0 Å². The highest BCUT2D eigenvalue weighted by Gasteiger charge is 2.37. The van der Waals surface area contributed by atoms with E-state index in [9.17, 15) is 0 Å². The number of thiophene rings is 1. The Balaban J connectivity index is 1.84. The van der Waals surface area contributed by atoms with Gasteiger partial charge in [-0.05, 0) is 42.0 Å². The fraction of sp³-hybridized carbons (Fsp3) is 0.714. The number of aryl methyl sites for hydroxylation is 1. The Hall–Kier alpha value is -0.330. The summed E-state index contributed by atoms with van der Waals surface area (Å²) in [5.41, 5.74) is 2.28. The van der Waals surface area contributed by atoms with Crippen molar-refractivity contribution in [3.63, 3.8) is 0 Å². The second-order valence-electron chi connectivity index (χ2n) is 5.49. The highest BCUT2D eigenvalue weighted by Crippen LogP contribution is 2.15. The molecule has 2 aliphatic rings. The maximum Gasteiger partial charge on any atom is 0.494 e. The zero-order valence-corrected chi connectivity index (χ0v) is 13.5. The van der Waals surface area contributed by atoms with Crippen LogP contribution in [0.2, 0.25) is 0 Å². The topological polar surface area (TPSA) is 36.9 Å². The van der Waals surface area contributed by atoms with Gasteiger partial charge in [-0.1, -0.05) is 13.3 Å². The summed E-state index contributed by atoms with van der Waals surface area (Å²) in [5, 5.41) is 2.16. The predicted octanol–water partition coefficient (Wildman–Crippen LogP) is 1.35. The Morgan fingerprint density at radius 3 is 2.24 bits per heavy atom. The molecule has 0 bridgehead atoms. The van der Waals surface area contributed by atoms with Crippen LogP contribution in [0.5, 0.6) is 0 Å². The van der Waals surface area contributed by atoms with Crippen LogP contribution in [0.3, 0.4) is 0 Å². The third kappa shape index (κ3) is 3.71. The van der Waals surface area contributed by atoms with Gasteiger partial charge in [-0.3, -0.25) is 0 Å². The van der Waals surface area contributed by atoms with Gasteiger partial charge in [0.25, 0.3) is 0 Å². The number of hydrogen-bond donors (Lipinski definition) is 0. The van der Waals surface area contributed by atoms with E-state index in [0.717, 1.165) is 51.2 Å². The van der Waals surface area contributed by atoms with E-state index >= 15 is 0 Å². The van der Waals surface area contributed by atoms with Crippen molar-refractivity contribution in [1.82, 2.24) is 0 Å². The Bertz CT molecular complexity index is 442. The molecule has 7 heteroatoms. The first-order chi connectivity index (χ1) is 10.4. The summed E-state index contributed by atoms with van der Waals surface area (Å²) >= 11 is 1.78. The molecule has 114 valence electrons. The van der Waals surface area contributed by atoms with Gasteiger partial charge in [0, 0.05) is 31.3 Å². The van der Waals surface area contributed by atoms with E-state index in [1.807, 2.05) is 0 Å². The largest absolute Gasteiger partial charge is 0.494 e. The predicted molar refractivity (Wildman–Crippen MR) is 86.7 cm³/mol. The monoisotopic (exact) mass is 308 g/mol. The van der Waals surface area contributed by atoms with Gasteiger partial charge in [0.05, 0.1) is 0 Å². The highest BCUT2D eigenvalue weighted by atomic mass is 32.1. The summed E-state index contributed by atoms with van der Waals surface area (Å²) in [6.07, 6.45) is 5.39. The maximum atomic E-state index is 5.85. The molecule has 2 saturated heterocycles. The molecule has 0 radical (unpaired) electrons. The van der Waals surface area contributed by atoms with Crippen molar-refractivity contribution in [2.24, 2.45) is 0 Å². The van der Waals surface area contributed by atoms with Crippen molar-refractivity contribution in [2.75, 3.05) is 26.4 Å². The van der Waals surface area contributed by atoms with Crippen LogP contribution in [0, 0.1) is 0 Å². The molecule has 3 rings (SSSR count). The lowest BCUT2D eigenvalue weighted by Crippen LogP contribution is -2.55. The van der Waals surface area contributed by atoms with Crippen molar-refractivity contribution in [3.05, 3.63) is 10.3 Å². The van der Waals surface area contributed by atoms with E-state index in [4.69, 9.17) is 18.6 Å². The lowest BCUT2D eigenvalue weighted by Gasteiger charge is -2.24. The summed E-state index contributed by atoms with van der Waals surface area (Å²) in [6.45, 7) is 5.27. The normalized spacial score (nSPS) is 20.0. The van der Waals surface area contributed by atoms with E-state index < -0.39 is 0 Å². The average Bonchev–Trinajstić information content (AvgIpc) is 2.98. The number of rotatable bonds is 5. The second kappa shape index (κ2) is 7.79. The average molecular weight is 308 g/mol. The summed E-state index contributed by atoms with van der Waals surface area (Å²) in [7, 11) is -0.504. The van der Waals surface area contributed by atoms with Crippen LogP contribution in [0.1, 0.15) is 37.5 Å². The molecule has 0 amide bonds. The van der Waals surface area contributed by atoms with E-state index in [1.165, 1.54) is 23.2 Å². The lowest BCUT2D eigenvalue weighted by molar-refractivity contribution is 0.140. The molecule has 0 atom stereocenters. The van der Waals surface area contributed by atoms with Gasteiger partial charge in [-0.15, -0.1) is 11.3 Å². The van der Waals surface area contributed by atoms with Crippen molar-refractivity contribution >= 4 is 36.5 Å².